The summed E-state index contributed by atoms with van der Waals surface area (Å²) in [6.07, 6.45) is 5.50. The summed E-state index contributed by atoms with van der Waals surface area (Å²) in [5, 5.41) is 8.44. The molecule has 0 saturated heterocycles. The first-order valence-electron chi connectivity index (χ1n) is 3.21. The van der Waals surface area contributed by atoms with Crippen LogP contribution in [0.4, 0.5) is 0 Å². The predicted octanol–water partition coefficient (Wildman–Crippen LogP) is 1.75. The quantitative estimate of drug-likeness (QED) is 0.556. The average Bonchev–Trinajstić information content (AvgIpc) is 1.91. The molecule has 0 fully saturated rings. The van der Waals surface area contributed by atoms with E-state index in [-0.39, 0.29) is 6.61 Å². The van der Waals surface area contributed by atoms with E-state index in [1.807, 2.05) is 12.2 Å². The van der Waals surface area contributed by atoms with Crippen LogP contribution in [-0.2, 0) is 0 Å². The first-order chi connectivity index (χ1) is 4.35. The van der Waals surface area contributed by atoms with Gasteiger partial charge in [0.25, 0.3) is 0 Å². The Hall–Kier alpha value is -0.560. The fourth-order valence-electron chi connectivity index (χ4n) is 0.659. The maximum atomic E-state index is 8.44. The van der Waals surface area contributed by atoms with Crippen LogP contribution >= 0.6 is 0 Å². The molecule has 1 nitrogen and oxygen atoms in total. The lowest BCUT2D eigenvalue weighted by Gasteiger charge is -2.02. The molecular formula is C8H14O. The van der Waals surface area contributed by atoms with Crippen LogP contribution < -0.4 is 0 Å². The zero-order valence-electron chi connectivity index (χ0n) is 5.71. The molecule has 0 atom stereocenters. The van der Waals surface area contributed by atoms with Gasteiger partial charge in [0.2, 0.25) is 0 Å². The zero-order valence-corrected chi connectivity index (χ0v) is 5.71. The smallest absolute Gasteiger partial charge is 0.0431 e. The molecule has 1 heteroatoms. The molecule has 0 heterocycles. The molecule has 9 heavy (non-hydrogen) atoms. The van der Waals surface area contributed by atoms with Crippen molar-refractivity contribution in [1.82, 2.24) is 0 Å². The first-order valence-corrected chi connectivity index (χ1v) is 3.21. The van der Waals surface area contributed by atoms with E-state index >= 15 is 0 Å². The summed E-state index contributed by atoms with van der Waals surface area (Å²) in [4.78, 5) is 0. The normalized spacial score (nSPS) is 9.56. The second-order valence-electron chi connectivity index (χ2n) is 2.00. The Bertz CT molecular complexity index is 78.6. The third-order valence-electron chi connectivity index (χ3n) is 1.30. The Labute approximate surface area is 56.7 Å². The van der Waals surface area contributed by atoms with Gasteiger partial charge in [-0.05, 0) is 18.8 Å². The Kier molecular flexibility index (Phi) is 5.23. The second kappa shape index (κ2) is 5.57. The van der Waals surface area contributed by atoms with Crippen LogP contribution in [0.25, 0.3) is 0 Å². The second-order valence-corrected chi connectivity index (χ2v) is 2.00. The van der Waals surface area contributed by atoms with Crippen molar-refractivity contribution >= 4 is 0 Å². The summed E-state index contributed by atoms with van der Waals surface area (Å²) < 4.78 is 0. The van der Waals surface area contributed by atoms with E-state index in [1.165, 1.54) is 0 Å². The van der Waals surface area contributed by atoms with Gasteiger partial charge in [0.05, 0.1) is 0 Å². The van der Waals surface area contributed by atoms with Gasteiger partial charge in [-0.1, -0.05) is 12.2 Å². The molecule has 0 aliphatic carbocycles. The van der Waals surface area contributed by atoms with Gasteiger partial charge >= 0.3 is 0 Å². The van der Waals surface area contributed by atoms with Crippen LogP contribution in [-0.4, -0.2) is 11.7 Å². The van der Waals surface area contributed by atoms with E-state index in [0.717, 1.165) is 12.8 Å². The topological polar surface area (TPSA) is 20.2 Å². The third kappa shape index (κ3) is 3.98. The molecule has 0 spiro atoms. The predicted molar refractivity (Wildman–Crippen MR) is 40.2 cm³/mol. The van der Waals surface area contributed by atoms with Crippen molar-refractivity contribution in [1.29, 1.82) is 0 Å². The van der Waals surface area contributed by atoms with Gasteiger partial charge in [0.15, 0.2) is 0 Å². The van der Waals surface area contributed by atoms with Crippen LogP contribution in [0.15, 0.2) is 25.3 Å². The van der Waals surface area contributed by atoms with Crippen LogP contribution in [0.3, 0.4) is 0 Å². The molecule has 0 bridgehead atoms. The van der Waals surface area contributed by atoms with E-state index in [4.69, 9.17) is 5.11 Å². The van der Waals surface area contributed by atoms with Gasteiger partial charge in [0, 0.05) is 6.61 Å². The highest BCUT2D eigenvalue weighted by Crippen LogP contribution is 2.06. The van der Waals surface area contributed by atoms with Crippen molar-refractivity contribution in [3.63, 3.8) is 0 Å². The van der Waals surface area contributed by atoms with E-state index in [9.17, 15) is 0 Å². The number of allylic oxidation sites excluding steroid dienone is 2. The molecule has 0 saturated carbocycles. The molecule has 0 aromatic rings. The standard InChI is InChI=1S/C8H14O/c1-3-8(4-2)6-5-7-9/h3-4,8-9H,1-2,5-7H2. The summed E-state index contributed by atoms with van der Waals surface area (Å²) in [7, 11) is 0. The summed E-state index contributed by atoms with van der Waals surface area (Å²) in [6.45, 7) is 7.53. The summed E-state index contributed by atoms with van der Waals surface area (Å²) in [5.74, 6) is 0.372. The molecule has 52 valence electrons. The molecule has 0 rings (SSSR count). The molecule has 1 N–H and O–H groups in total. The number of aliphatic hydroxyl groups excluding tert-OH is 1. The van der Waals surface area contributed by atoms with E-state index in [1.54, 1.807) is 0 Å². The van der Waals surface area contributed by atoms with Crippen LogP contribution in [0.5, 0.6) is 0 Å². The largest absolute Gasteiger partial charge is 0.396 e. The maximum Gasteiger partial charge on any atom is 0.0431 e. The molecular weight excluding hydrogens is 112 g/mol. The fraction of sp³-hybridized carbons (Fsp3) is 0.500. The Morgan fingerprint density at radius 2 is 1.89 bits per heavy atom. The molecule has 0 aliphatic rings. The minimum Gasteiger partial charge on any atom is -0.396 e. The molecule has 0 aliphatic heterocycles. The minimum atomic E-state index is 0.262. The van der Waals surface area contributed by atoms with Crippen LogP contribution in [0.1, 0.15) is 12.8 Å². The lowest BCUT2D eigenvalue weighted by molar-refractivity contribution is 0.281. The molecule has 0 radical (unpaired) electrons. The lowest BCUT2D eigenvalue weighted by atomic mass is 10.0. The number of hydrogen-bond donors (Lipinski definition) is 1. The Morgan fingerprint density at radius 1 is 1.33 bits per heavy atom. The van der Waals surface area contributed by atoms with Crippen molar-refractivity contribution in [3.8, 4) is 0 Å². The van der Waals surface area contributed by atoms with Gasteiger partial charge in [-0.25, -0.2) is 0 Å². The first kappa shape index (κ1) is 8.44. The highest BCUT2D eigenvalue weighted by molar-refractivity contribution is 4.91. The van der Waals surface area contributed by atoms with Crippen molar-refractivity contribution in [2.45, 2.75) is 12.8 Å². The maximum absolute atomic E-state index is 8.44. The summed E-state index contributed by atoms with van der Waals surface area (Å²) in [5.41, 5.74) is 0. The van der Waals surface area contributed by atoms with Gasteiger partial charge in [-0.3, -0.25) is 0 Å². The highest BCUT2D eigenvalue weighted by atomic mass is 16.2. The zero-order chi connectivity index (χ0) is 7.11. The number of hydrogen-bond acceptors (Lipinski definition) is 1. The van der Waals surface area contributed by atoms with Gasteiger partial charge in [-0.15, -0.1) is 13.2 Å². The van der Waals surface area contributed by atoms with Crippen molar-refractivity contribution in [2.24, 2.45) is 5.92 Å². The van der Waals surface area contributed by atoms with E-state index in [2.05, 4.69) is 13.2 Å². The van der Waals surface area contributed by atoms with Crippen molar-refractivity contribution < 1.29 is 5.11 Å². The highest BCUT2D eigenvalue weighted by Gasteiger charge is 1.95. The van der Waals surface area contributed by atoms with Crippen LogP contribution in [0, 0.1) is 5.92 Å². The van der Waals surface area contributed by atoms with Crippen molar-refractivity contribution in [3.05, 3.63) is 25.3 Å². The van der Waals surface area contributed by atoms with Gasteiger partial charge in [0.1, 0.15) is 0 Å². The monoisotopic (exact) mass is 126 g/mol. The van der Waals surface area contributed by atoms with Crippen molar-refractivity contribution in [2.75, 3.05) is 6.61 Å². The Morgan fingerprint density at radius 3 is 2.22 bits per heavy atom. The number of rotatable bonds is 5. The average molecular weight is 126 g/mol. The lowest BCUT2D eigenvalue weighted by Crippen LogP contribution is -1.92. The molecule has 0 aromatic carbocycles. The van der Waals surface area contributed by atoms with E-state index < -0.39 is 0 Å². The molecule has 0 amide bonds. The third-order valence-corrected chi connectivity index (χ3v) is 1.30. The Balaban J connectivity index is 3.30. The van der Waals surface area contributed by atoms with Gasteiger partial charge < -0.3 is 5.11 Å². The fourth-order valence-corrected chi connectivity index (χ4v) is 0.659. The number of aliphatic hydroxyl groups is 1. The van der Waals surface area contributed by atoms with Crippen LogP contribution in [0.2, 0.25) is 0 Å². The molecule has 0 aromatic heterocycles. The molecule has 0 unspecified atom stereocenters. The summed E-state index contributed by atoms with van der Waals surface area (Å²) >= 11 is 0. The van der Waals surface area contributed by atoms with E-state index in [0.29, 0.717) is 5.92 Å². The minimum absolute atomic E-state index is 0.262. The summed E-state index contributed by atoms with van der Waals surface area (Å²) in [6, 6.07) is 0. The van der Waals surface area contributed by atoms with Gasteiger partial charge in [-0.2, -0.15) is 0 Å². The SMILES string of the molecule is C=CC(C=C)CCCO.